The molecule has 0 radical (unpaired) electrons. The molecule has 0 aromatic heterocycles. The van der Waals surface area contributed by atoms with Crippen LogP contribution in [0.15, 0.2) is 29.2 Å². The largest absolute Gasteiger partial charge is 0.381 e. The topological polar surface area (TPSA) is 58.2 Å². The summed E-state index contributed by atoms with van der Waals surface area (Å²) in [7, 11) is -3.17. The van der Waals surface area contributed by atoms with Crippen LogP contribution in [0.25, 0.3) is 0 Å². The highest BCUT2D eigenvalue weighted by Gasteiger charge is 2.20. The van der Waals surface area contributed by atoms with Crippen molar-refractivity contribution in [2.24, 2.45) is 0 Å². The van der Waals surface area contributed by atoms with E-state index < -0.39 is 9.84 Å². The van der Waals surface area contributed by atoms with Crippen molar-refractivity contribution >= 4 is 15.5 Å². The number of sulfone groups is 1. The second-order valence-electron chi connectivity index (χ2n) is 4.98. The minimum Gasteiger partial charge on any atom is -0.381 e. The molecule has 1 aliphatic rings. The second-order valence-corrected chi connectivity index (χ2v) is 7.06. The van der Waals surface area contributed by atoms with Crippen molar-refractivity contribution in [3.8, 4) is 0 Å². The van der Waals surface area contributed by atoms with E-state index >= 15 is 0 Å². The quantitative estimate of drug-likeness (QED) is 0.867. The number of anilines is 1. The third-order valence-electron chi connectivity index (χ3n) is 3.39. The van der Waals surface area contributed by atoms with Crippen molar-refractivity contribution in [3.05, 3.63) is 24.3 Å². The number of hydrogen-bond acceptors (Lipinski definition) is 4. The van der Waals surface area contributed by atoms with Crippen molar-refractivity contribution < 1.29 is 8.42 Å². The molecule has 0 unspecified atom stereocenters. The average molecular weight is 282 g/mol. The van der Waals surface area contributed by atoms with E-state index in [0.29, 0.717) is 17.4 Å². The van der Waals surface area contributed by atoms with E-state index in [1.165, 1.54) is 0 Å². The number of nitrogens with one attached hydrogen (secondary N) is 2. The van der Waals surface area contributed by atoms with Gasteiger partial charge in [0.05, 0.1) is 16.3 Å². The Morgan fingerprint density at radius 3 is 2.63 bits per heavy atom. The Bertz CT molecular complexity index is 508. The third-order valence-corrected chi connectivity index (χ3v) is 5.37. The van der Waals surface area contributed by atoms with Crippen LogP contribution in [0.2, 0.25) is 0 Å². The lowest BCUT2D eigenvalue weighted by Gasteiger charge is -2.25. The summed E-state index contributed by atoms with van der Waals surface area (Å²) >= 11 is 0. The van der Waals surface area contributed by atoms with Gasteiger partial charge in [-0.2, -0.15) is 0 Å². The molecule has 1 aliphatic heterocycles. The molecule has 5 heteroatoms. The van der Waals surface area contributed by atoms with Gasteiger partial charge in [-0.1, -0.05) is 19.1 Å². The zero-order valence-electron chi connectivity index (χ0n) is 11.4. The zero-order valence-corrected chi connectivity index (χ0v) is 12.2. The van der Waals surface area contributed by atoms with Crippen molar-refractivity contribution in [3.63, 3.8) is 0 Å². The van der Waals surface area contributed by atoms with Crippen molar-refractivity contribution in [1.82, 2.24) is 5.32 Å². The van der Waals surface area contributed by atoms with Gasteiger partial charge in [-0.3, -0.25) is 0 Å². The van der Waals surface area contributed by atoms with E-state index in [4.69, 9.17) is 0 Å². The van der Waals surface area contributed by atoms with Crippen LogP contribution < -0.4 is 10.6 Å². The first-order valence-electron chi connectivity index (χ1n) is 6.92. The fourth-order valence-electron chi connectivity index (χ4n) is 2.42. The molecule has 4 nitrogen and oxygen atoms in total. The van der Waals surface area contributed by atoms with Gasteiger partial charge in [-0.25, -0.2) is 8.42 Å². The fraction of sp³-hybridized carbons (Fsp3) is 0.571. The number of benzene rings is 1. The van der Waals surface area contributed by atoms with Gasteiger partial charge >= 0.3 is 0 Å². The minimum atomic E-state index is -3.17. The normalized spacial score (nSPS) is 17.3. The zero-order chi connectivity index (χ0) is 13.7. The first kappa shape index (κ1) is 14.3. The molecule has 0 saturated carbocycles. The van der Waals surface area contributed by atoms with Gasteiger partial charge in [0.2, 0.25) is 0 Å². The summed E-state index contributed by atoms with van der Waals surface area (Å²) < 4.78 is 24.5. The maximum absolute atomic E-state index is 12.2. The molecule has 0 spiro atoms. The van der Waals surface area contributed by atoms with Gasteiger partial charge in [0, 0.05) is 6.04 Å². The van der Waals surface area contributed by atoms with Gasteiger partial charge in [0.1, 0.15) is 0 Å². The molecule has 1 aromatic rings. The van der Waals surface area contributed by atoms with Crippen molar-refractivity contribution in [1.29, 1.82) is 0 Å². The molecule has 0 amide bonds. The van der Waals surface area contributed by atoms with Crippen LogP contribution >= 0.6 is 0 Å². The van der Waals surface area contributed by atoms with E-state index in [2.05, 4.69) is 10.6 Å². The Morgan fingerprint density at radius 2 is 1.95 bits per heavy atom. The summed E-state index contributed by atoms with van der Waals surface area (Å²) in [4.78, 5) is 0.440. The summed E-state index contributed by atoms with van der Waals surface area (Å²) in [5.41, 5.74) is 0.753. The maximum atomic E-state index is 12.2. The van der Waals surface area contributed by atoms with Crippen LogP contribution in [0.5, 0.6) is 0 Å². The molecule has 0 aliphatic carbocycles. The first-order valence-corrected chi connectivity index (χ1v) is 8.58. The molecule has 19 heavy (non-hydrogen) atoms. The summed E-state index contributed by atoms with van der Waals surface area (Å²) in [6.45, 7) is 3.86. The number of rotatable bonds is 5. The lowest BCUT2D eigenvalue weighted by atomic mass is 10.1. The van der Waals surface area contributed by atoms with Gasteiger partial charge in [0.15, 0.2) is 9.84 Å². The molecule has 1 saturated heterocycles. The smallest absolute Gasteiger partial charge is 0.180 e. The highest BCUT2D eigenvalue weighted by Crippen LogP contribution is 2.24. The Morgan fingerprint density at radius 1 is 1.26 bits per heavy atom. The molecule has 0 atom stereocenters. The number of para-hydroxylation sites is 1. The van der Waals surface area contributed by atoms with E-state index in [1.54, 1.807) is 12.1 Å². The Hall–Kier alpha value is -1.07. The Balaban J connectivity index is 2.20. The van der Waals surface area contributed by atoms with Gasteiger partial charge < -0.3 is 10.6 Å². The summed E-state index contributed by atoms with van der Waals surface area (Å²) in [5.74, 6) is 0.206. The van der Waals surface area contributed by atoms with Gasteiger partial charge in [-0.15, -0.1) is 0 Å². The molecular weight excluding hydrogens is 260 g/mol. The van der Waals surface area contributed by atoms with Crippen LogP contribution in [0.3, 0.4) is 0 Å². The van der Waals surface area contributed by atoms with Crippen LogP contribution in [0.4, 0.5) is 5.69 Å². The number of hydrogen-bond donors (Lipinski definition) is 2. The molecule has 2 N–H and O–H groups in total. The van der Waals surface area contributed by atoms with E-state index in [9.17, 15) is 8.42 Å². The second kappa shape index (κ2) is 6.39. The Labute approximate surface area is 115 Å². The summed E-state index contributed by atoms with van der Waals surface area (Å²) in [5, 5.41) is 6.70. The van der Waals surface area contributed by atoms with E-state index in [1.807, 2.05) is 19.1 Å². The van der Waals surface area contributed by atoms with Gasteiger partial charge in [-0.05, 0) is 44.5 Å². The molecular formula is C14H22N2O2S. The lowest BCUT2D eigenvalue weighted by molar-refractivity contribution is 0.478. The minimum absolute atomic E-state index is 0.206. The van der Waals surface area contributed by atoms with Crippen LogP contribution in [-0.2, 0) is 9.84 Å². The highest BCUT2D eigenvalue weighted by atomic mass is 32.2. The average Bonchev–Trinajstić information content (AvgIpc) is 2.40. The molecule has 106 valence electrons. The monoisotopic (exact) mass is 282 g/mol. The highest BCUT2D eigenvalue weighted by molar-refractivity contribution is 7.91. The van der Waals surface area contributed by atoms with Crippen LogP contribution in [0.1, 0.15) is 26.2 Å². The molecule has 1 fully saturated rings. The van der Waals surface area contributed by atoms with Crippen LogP contribution in [-0.4, -0.2) is 33.3 Å². The van der Waals surface area contributed by atoms with Gasteiger partial charge in [0.25, 0.3) is 0 Å². The standard InChI is InChI=1S/C14H22N2O2S/c1-2-11-19(17,18)14-6-4-3-5-13(14)16-12-7-9-15-10-8-12/h3-6,12,15-16H,2,7-11H2,1H3. The SMILES string of the molecule is CCCS(=O)(=O)c1ccccc1NC1CCNCC1. The number of piperidine rings is 1. The summed E-state index contributed by atoms with van der Waals surface area (Å²) in [6, 6.07) is 7.60. The predicted molar refractivity (Wildman–Crippen MR) is 78.3 cm³/mol. The van der Waals surface area contributed by atoms with E-state index in [0.717, 1.165) is 31.6 Å². The molecule has 1 heterocycles. The van der Waals surface area contributed by atoms with Crippen molar-refractivity contribution in [2.75, 3.05) is 24.2 Å². The van der Waals surface area contributed by atoms with E-state index in [-0.39, 0.29) is 5.75 Å². The van der Waals surface area contributed by atoms with Crippen LogP contribution in [0, 0.1) is 0 Å². The predicted octanol–water partition coefficient (Wildman–Crippen LogP) is 2.03. The summed E-state index contributed by atoms with van der Waals surface area (Å²) in [6.07, 6.45) is 2.70. The lowest BCUT2D eigenvalue weighted by Crippen LogP contribution is -2.35. The fourth-order valence-corrected chi connectivity index (χ4v) is 3.93. The maximum Gasteiger partial charge on any atom is 0.180 e. The molecule has 1 aromatic carbocycles. The first-order chi connectivity index (χ1) is 9.13. The Kier molecular flexibility index (Phi) is 4.82. The molecule has 2 rings (SSSR count). The van der Waals surface area contributed by atoms with Crippen molar-refractivity contribution in [2.45, 2.75) is 37.1 Å². The molecule has 0 bridgehead atoms. The third kappa shape index (κ3) is 3.70.